The summed E-state index contributed by atoms with van der Waals surface area (Å²) in [5.41, 5.74) is 5.68. The fourth-order valence-electron chi connectivity index (χ4n) is 1.34. The maximum atomic E-state index is 10.2. The van der Waals surface area contributed by atoms with Crippen LogP contribution in [0.3, 0.4) is 0 Å². The zero-order chi connectivity index (χ0) is 10.8. The van der Waals surface area contributed by atoms with Crippen LogP contribution in [0, 0.1) is 5.92 Å². The van der Waals surface area contributed by atoms with Crippen molar-refractivity contribution in [3.63, 3.8) is 0 Å². The predicted octanol–water partition coefficient (Wildman–Crippen LogP) is -0.784. The van der Waals surface area contributed by atoms with E-state index in [-0.39, 0.29) is 24.7 Å². The number of hydrogen-bond donors (Lipinski definition) is 1. The Labute approximate surface area is 83.3 Å². The molecule has 2 N–H and O–H groups in total. The van der Waals surface area contributed by atoms with Crippen molar-refractivity contribution >= 4 is 10.4 Å². The van der Waals surface area contributed by atoms with E-state index in [4.69, 9.17) is 10.5 Å². The van der Waals surface area contributed by atoms with Crippen molar-refractivity contribution < 1.29 is 21.9 Å². The van der Waals surface area contributed by atoms with Gasteiger partial charge >= 0.3 is 0 Å². The van der Waals surface area contributed by atoms with E-state index < -0.39 is 10.4 Å². The molecule has 1 rings (SSSR count). The largest absolute Gasteiger partial charge is 0.726 e. The molecule has 7 heteroatoms. The molecule has 0 aromatic rings. The Morgan fingerprint density at radius 3 is 2.79 bits per heavy atom. The van der Waals surface area contributed by atoms with Crippen molar-refractivity contribution in [2.45, 2.75) is 25.5 Å². The van der Waals surface area contributed by atoms with Crippen LogP contribution in [-0.4, -0.2) is 38.3 Å². The first-order chi connectivity index (χ1) is 6.38. The molecule has 0 aromatic carbocycles. The van der Waals surface area contributed by atoms with E-state index in [1.807, 2.05) is 6.92 Å². The maximum absolute atomic E-state index is 10.2. The van der Waals surface area contributed by atoms with Crippen LogP contribution >= 0.6 is 0 Å². The Morgan fingerprint density at radius 1 is 1.64 bits per heavy atom. The van der Waals surface area contributed by atoms with Crippen LogP contribution in [0.1, 0.15) is 13.3 Å². The summed E-state index contributed by atoms with van der Waals surface area (Å²) in [4.78, 5) is 0. The molecule has 0 bridgehead atoms. The highest BCUT2D eigenvalue weighted by atomic mass is 32.3. The van der Waals surface area contributed by atoms with Crippen molar-refractivity contribution in [2.24, 2.45) is 11.7 Å². The Hall–Kier alpha value is -0.210. The summed E-state index contributed by atoms with van der Waals surface area (Å²) in [6.07, 6.45) is 0.255. The van der Waals surface area contributed by atoms with E-state index in [1.54, 1.807) is 0 Å². The molecule has 0 amide bonds. The van der Waals surface area contributed by atoms with Crippen molar-refractivity contribution in [3.05, 3.63) is 0 Å². The van der Waals surface area contributed by atoms with Gasteiger partial charge in [0.2, 0.25) is 10.4 Å². The summed E-state index contributed by atoms with van der Waals surface area (Å²) in [5, 5.41) is 0. The lowest BCUT2D eigenvalue weighted by Crippen LogP contribution is -2.43. The van der Waals surface area contributed by atoms with Gasteiger partial charge in [-0.3, -0.25) is 4.18 Å². The molecule has 0 saturated carbocycles. The second-order valence-electron chi connectivity index (χ2n) is 3.52. The van der Waals surface area contributed by atoms with Gasteiger partial charge in [0, 0.05) is 6.04 Å². The van der Waals surface area contributed by atoms with Crippen LogP contribution in [-0.2, 0) is 19.3 Å². The van der Waals surface area contributed by atoms with Gasteiger partial charge in [-0.1, -0.05) is 6.92 Å². The lowest BCUT2D eigenvalue weighted by Gasteiger charge is -2.31. The third-order valence-corrected chi connectivity index (χ3v) is 2.71. The van der Waals surface area contributed by atoms with Crippen LogP contribution in [0.5, 0.6) is 0 Å². The molecule has 0 aliphatic carbocycles. The lowest BCUT2D eigenvalue weighted by atomic mass is 9.94. The minimum absolute atomic E-state index is 0.0323. The maximum Gasteiger partial charge on any atom is 0.217 e. The molecule has 0 spiro atoms. The molecule has 0 radical (unpaired) electrons. The molecule has 1 saturated heterocycles. The quantitative estimate of drug-likeness (QED) is 0.498. The highest BCUT2D eigenvalue weighted by Crippen LogP contribution is 2.19. The summed E-state index contributed by atoms with van der Waals surface area (Å²) in [6, 6.07) is -0.0323. The highest BCUT2D eigenvalue weighted by molar-refractivity contribution is 7.80. The van der Waals surface area contributed by atoms with Gasteiger partial charge in [-0.05, 0) is 12.3 Å². The predicted molar refractivity (Wildman–Crippen MR) is 47.1 cm³/mol. The zero-order valence-electron chi connectivity index (χ0n) is 7.88. The van der Waals surface area contributed by atoms with E-state index in [0.29, 0.717) is 13.0 Å². The molecule has 1 fully saturated rings. The van der Waals surface area contributed by atoms with Crippen molar-refractivity contribution in [1.82, 2.24) is 0 Å². The van der Waals surface area contributed by atoms with E-state index in [9.17, 15) is 13.0 Å². The first kappa shape index (κ1) is 11.9. The van der Waals surface area contributed by atoms with E-state index in [1.165, 1.54) is 0 Å². The van der Waals surface area contributed by atoms with Crippen LogP contribution < -0.4 is 5.73 Å². The fraction of sp³-hybridized carbons (Fsp3) is 1.00. The second kappa shape index (κ2) is 4.54. The van der Waals surface area contributed by atoms with Crippen LogP contribution in [0.2, 0.25) is 0 Å². The molecule has 14 heavy (non-hydrogen) atoms. The van der Waals surface area contributed by atoms with Gasteiger partial charge < -0.3 is 15.0 Å². The SMILES string of the molecule is CC1CC(COS(=O)(=O)[O-])OCC1N. The average Bonchev–Trinajstić information content (AvgIpc) is 2.06. The lowest BCUT2D eigenvalue weighted by molar-refractivity contribution is -0.0398. The Kier molecular flexibility index (Phi) is 3.85. The van der Waals surface area contributed by atoms with Gasteiger partial charge in [0.25, 0.3) is 0 Å². The second-order valence-corrected chi connectivity index (χ2v) is 4.58. The summed E-state index contributed by atoms with van der Waals surface area (Å²) in [6.45, 7) is 2.10. The zero-order valence-corrected chi connectivity index (χ0v) is 8.70. The molecule has 6 nitrogen and oxygen atoms in total. The van der Waals surface area contributed by atoms with Gasteiger partial charge in [0.1, 0.15) is 0 Å². The average molecular weight is 224 g/mol. The van der Waals surface area contributed by atoms with E-state index in [0.717, 1.165) is 0 Å². The third-order valence-electron chi connectivity index (χ3n) is 2.29. The van der Waals surface area contributed by atoms with Crippen molar-refractivity contribution in [3.8, 4) is 0 Å². The Balaban J connectivity index is 2.34. The minimum Gasteiger partial charge on any atom is -0.726 e. The molecule has 1 aliphatic heterocycles. The topological polar surface area (TPSA) is 102 Å². The monoisotopic (exact) mass is 224 g/mol. The summed E-state index contributed by atoms with van der Waals surface area (Å²) < 4.78 is 39.8. The normalized spacial score (nSPS) is 34.4. The van der Waals surface area contributed by atoms with Gasteiger partial charge in [-0.25, -0.2) is 8.42 Å². The van der Waals surface area contributed by atoms with Gasteiger partial charge in [0.05, 0.1) is 19.3 Å². The Bertz CT molecular complexity index is 278. The van der Waals surface area contributed by atoms with Crippen LogP contribution in [0.4, 0.5) is 0 Å². The van der Waals surface area contributed by atoms with Crippen LogP contribution in [0.25, 0.3) is 0 Å². The molecule has 0 aromatic heterocycles. The first-order valence-electron chi connectivity index (χ1n) is 4.36. The molecule has 3 unspecified atom stereocenters. The minimum atomic E-state index is -4.62. The number of nitrogens with two attached hydrogens (primary N) is 1. The van der Waals surface area contributed by atoms with Gasteiger partial charge in [0.15, 0.2) is 0 Å². The fourth-order valence-corrected chi connectivity index (χ4v) is 1.66. The van der Waals surface area contributed by atoms with Crippen molar-refractivity contribution in [2.75, 3.05) is 13.2 Å². The van der Waals surface area contributed by atoms with Crippen LogP contribution in [0.15, 0.2) is 0 Å². The summed E-state index contributed by atoms with van der Waals surface area (Å²) in [7, 11) is -4.62. The van der Waals surface area contributed by atoms with Gasteiger partial charge in [-0.2, -0.15) is 0 Å². The first-order valence-corrected chi connectivity index (χ1v) is 5.69. The highest BCUT2D eigenvalue weighted by Gasteiger charge is 2.26. The van der Waals surface area contributed by atoms with E-state index in [2.05, 4.69) is 4.18 Å². The molecule has 84 valence electrons. The smallest absolute Gasteiger partial charge is 0.217 e. The third kappa shape index (κ3) is 3.89. The Morgan fingerprint density at radius 2 is 2.29 bits per heavy atom. The molecular formula is C7H14NO5S-. The van der Waals surface area contributed by atoms with E-state index >= 15 is 0 Å². The molecule has 1 heterocycles. The summed E-state index contributed by atoms with van der Waals surface area (Å²) >= 11 is 0. The number of ether oxygens (including phenoxy) is 1. The molecule has 3 atom stereocenters. The number of rotatable bonds is 3. The van der Waals surface area contributed by atoms with Crippen molar-refractivity contribution in [1.29, 1.82) is 0 Å². The molecular weight excluding hydrogens is 210 g/mol. The van der Waals surface area contributed by atoms with Gasteiger partial charge in [-0.15, -0.1) is 0 Å². The molecule has 1 aliphatic rings. The number of hydrogen-bond acceptors (Lipinski definition) is 6. The summed E-state index contributed by atoms with van der Waals surface area (Å²) in [5.74, 6) is 0.242. The standard InChI is InChI=1S/C7H15NO5S/c1-5-2-6(12-4-7(5)8)3-13-14(9,10)11/h5-7H,2-4,8H2,1H3,(H,9,10,11)/p-1.